The number of anilines is 1. The number of imide groups is 1. The molecule has 6 aromatic carbocycles. The second-order valence-electron chi connectivity index (χ2n) is 11.8. The smallest absolute Gasteiger partial charge is 0.268 e. The van der Waals surface area contributed by atoms with Gasteiger partial charge in [-0.2, -0.15) is 21.0 Å². The lowest BCUT2D eigenvalue weighted by atomic mass is 9.98. The molecule has 0 atom stereocenters. The first-order valence-electron chi connectivity index (χ1n) is 15.5. The van der Waals surface area contributed by atoms with Gasteiger partial charge in [-0.1, -0.05) is 48.5 Å². The third-order valence-electron chi connectivity index (χ3n) is 8.96. The molecule has 0 saturated carbocycles. The zero-order valence-electron chi connectivity index (χ0n) is 26.0. The minimum atomic E-state index is -0.449. The summed E-state index contributed by atoms with van der Waals surface area (Å²) >= 11 is 0. The topological polar surface area (TPSA) is 137 Å². The summed E-state index contributed by atoms with van der Waals surface area (Å²) in [5.41, 5.74) is 7.22. The molecule has 230 valence electrons. The van der Waals surface area contributed by atoms with E-state index in [0.29, 0.717) is 44.8 Å². The van der Waals surface area contributed by atoms with Gasteiger partial charge in [0.1, 0.15) is 0 Å². The predicted octanol–water partition coefficient (Wildman–Crippen LogP) is 8.41. The van der Waals surface area contributed by atoms with Crippen molar-refractivity contribution in [3.05, 3.63) is 155 Å². The minimum absolute atomic E-state index is 0.257. The average Bonchev–Trinajstić information content (AvgIpc) is 3.63. The third kappa shape index (κ3) is 4.58. The van der Waals surface area contributed by atoms with Crippen LogP contribution in [0.2, 0.25) is 0 Å². The molecule has 8 heteroatoms. The number of hydrogen-bond donors (Lipinski definition) is 0. The molecule has 2 heterocycles. The first-order chi connectivity index (χ1) is 24.4. The van der Waals surface area contributed by atoms with E-state index in [9.17, 15) is 30.6 Å². The van der Waals surface area contributed by atoms with Gasteiger partial charge in [-0.3, -0.25) is 9.59 Å². The highest BCUT2D eigenvalue weighted by molar-refractivity contribution is 6.35. The van der Waals surface area contributed by atoms with Crippen LogP contribution in [0.5, 0.6) is 0 Å². The van der Waals surface area contributed by atoms with Gasteiger partial charge < -0.3 is 4.57 Å². The lowest BCUT2D eigenvalue weighted by molar-refractivity contribution is 0.0926. The van der Waals surface area contributed by atoms with Crippen LogP contribution in [0, 0.1) is 45.3 Å². The van der Waals surface area contributed by atoms with Crippen LogP contribution in [0.25, 0.3) is 49.7 Å². The second-order valence-corrected chi connectivity index (χ2v) is 11.8. The standard InChI is InChI=1S/C42H20N6O2/c43-21-25-13-26(22-44)16-31(15-25)29-9-11-34-35-12-10-30(32-17-27(23-45)14-28(18-32)24-46)20-39(35)48(38(34)19-29)37-8-4-7-36-40(37)42(50)47(41(36)49)33-5-2-1-3-6-33/h1-20H. The molecule has 0 spiro atoms. The van der Waals surface area contributed by atoms with Crippen LogP contribution in [-0.2, 0) is 0 Å². The molecular formula is C42H20N6O2. The van der Waals surface area contributed by atoms with E-state index in [2.05, 4.69) is 24.3 Å². The van der Waals surface area contributed by atoms with Gasteiger partial charge in [-0.25, -0.2) is 4.90 Å². The van der Waals surface area contributed by atoms with Crippen LogP contribution in [-0.4, -0.2) is 16.4 Å². The van der Waals surface area contributed by atoms with Crippen molar-refractivity contribution >= 4 is 39.3 Å². The van der Waals surface area contributed by atoms with Crippen LogP contribution >= 0.6 is 0 Å². The molecule has 50 heavy (non-hydrogen) atoms. The van der Waals surface area contributed by atoms with Gasteiger partial charge in [0.2, 0.25) is 0 Å². The van der Waals surface area contributed by atoms with Crippen LogP contribution in [0.3, 0.4) is 0 Å². The van der Waals surface area contributed by atoms with Crippen molar-refractivity contribution in [2.24, 2.45) is 0 Å². The predicted molar refractivity (Wildman–Crippen MR) is 188 cm³/mol. The fraction of sp³-hybridized carbons (Fsp3) is 0. The Balaban J connectivity index is 1.43. The number of nitriles is 4. The van der Waals surface area contributed by atoms with Crippen molar-refractivity contribution in [3.8, 4) is 52.2 Å². The van der Waals surface area contributed by atoms with Crippen molar-refractivity contribution in [2.45, 2.75) is 0 Å². The van der Waals surface area contributed by atoms with E-state index in [0.717, 1.165) is 32.9 Å². The number of rotatable bonds is 4. The molecule has 0 aliphatic carbocycles. The van der Waals surface area contributed by atoms with Gasteiger partial charge in [-0.15, -0.1) is 0 Å². The summed E-state index contributed by atoms with van der Waals surface area (Å²) in [6.45, 7) is 0. The van der Waals surface area contributed by atoms with Crippen molar-refractivity contribution in [1.82, 2.24) is 4.57 Å². The molecular weight excluding hydrogens is 621 g/mol. The lowest BCUT2D eigenvalue weighted by Gasteiger charge is -2.15. The zero-order valence-corrected chi connectivity index (χ0v) is 26.0. The Hall–Kier alpha value is -7.78. The lowest BCUT2D eigenvalue weighted by Crippen LogP contribution is -2.29. The van der Waals surface area contributed by atoms with E-state index in [-0.39, 0.29) is 11.1 Å². The van der Waals surface area contributed by atoms with Gasteiger partial charge >= 0.3 is 0 Å². The molecule has 0 N–H and O–H groups in total. The summed E-state index contributed by atoms with van der Waals surface area (Å²) in [5, 5.41) is 40.3. The Morgan fingerprint density at radius 2 is 0.960 bits per heavy atom. The quantitative estimate of drug-likeness (QED) is 0.177. The maximum Gasteiger partial charge on any atom is 0.268 e. The van der Waals surface area contributed by atoms with Gasteiger partial charge in [0, 0.05) is 10.8 Å². The fourth-order valence-corrected chi connectivity index (χ4v) is 6.75. The molecule has 0 bridgehead atoms. The summed E-state index contributed by atoms with van der Waals surface area (Å²) in [6, 6.07) is 44.2. The summed E-state index contributed by atoms with van der Waals surface area (Å²) in [6.07, 6.45) is 0. The molecule has 7 aromatic rings. The molecule has 0 saturated heterocycles. The Kier molecular flexibility index (Phi) is 6.80. The molecule has 8 nitrogen and oxygen atoms in total. The SMILES string of the molecule is N#Cc1cc(C#N)cc(-c2ccc3c4ccc(-c5cc(C#N)cc(C#N)c5)cc4n(-c4cccc5c4C(=O)N(c4ccccc4)C5=O)c3c2)c1. The largest absolute Gasteiger partial charge is 0.308 e. The first-order valence-corrected chi connectivity index (χ1v) is 15.5. The van der Waals surface area contributed by atoms with E-state index in [4.69, 9.17) is 0 Å². The van der Waals surface area contributed by atoms with E-state index < -0.39 is 11.8 Å². The maximum absolute atomic E-state index is 14.2. The Morgan fingerprint density at radius 1 is 0.460 bits per heavy atom. The first kappa shape index (κ1) is 29.6. The molecule has 8 rings (SSSR count). The van der Waals surface area contributed by atoms with Gasteiger partial charge in [0.15, 0.2) is 0 Å². The number of nitrogens with zero attached hydrogens (tertiary/aromatic N) is 6. The van der Waals surface area contributed by atoms with Crippen LogP contribution in [0.15, 0.2) is 121 Å². The molecule has 0 unspecified atom stereocenters. The van der Waals surface area contributed by atoms with E-state index in [1.807, 2.05) is 53.1 Å². The highest BCUT2D eigenvalue weighted by Gasteiger charge is 2.39. The number of aromatic nitrogens is 1. The van der Waals surface area contributed by atoms with Crippen molar-refractivity contribution in [2.75, 3.05) is 4.90 Å². The van der Waals surface area contributed by atoms with Crippen LogP contribution in [0.1, 0.15) is 43.0 Å². The highest BCUT2D eigenvalue weighted by atomic mass is 16.2. The fourth-order valence-electron chi connectivity index (χ4n) is 6.75. The normalized spacial score (nSPS) is 12.0. The van der Waals surface area contributed by atoms with Crippen LogP contribution in [0.4, 0.5) is 5.69 Å². The number of carbonyl (C=O) groups is 2. The molecule has 2 amide bonds. The van der Waals surface area contributed by atoms with E-state index in [1.165, 1.54) is 17.0 Å². The Labute approximate surface area is 285 Å². The molecule has 1 aromatic heterocycles. The zero-order chi connectivity index (χ0) is 34.5. The second kappa shape index (κ2) is 11.5. The van der Waals surface area contributed by atoms with Crippen LogP contribution < -0.4 is 4.90 Å². The summed E-state index contributed by atoms with van der Waals surface area (Å²) in [7, 11) is 0. The molecule has 1 aliphatic heterocycles. The van der Waals surface area contributed by atoms with E-state index >= 15 is 0 Å². The monoisotopic (exact) mass is 640 g/mol. The summed E-state index contributed by atoms with van der Waals surface area (Å²) < 4.78 is 1.95. The number of hydrogen-bond acceptors (Lipinski definition) is 6. The molecule has 0 radical (unpaired) electrons. The number of para-hydroxylation sites is 1. The highest BCUT2D eigenvalue weighted by Crippen LogP contribution is 2.40. The Bertz CT molecular complexity index is 2610. The molecule has 1 aliphatic rings. The number of fused-ring (bicyclic) bond motifs is 4. The average molecular weight is 641 g/mol. The summed E-state index contributed by atoms with van der Waals surface area (Å²) in [4.78, 5) is 29.2. The minimum Gasteiger partial charge on any atom is -0.308 e. The van der Waals surface area contributed by atoms with Crippen molar-refractivity contribution < 1.29 is 9.59 Å². The van der Waals surface area contributed by atoms with Crippen molar-refractivity contribution in [1.29, 1.82) is 21.0 Å². The summed E-state index contributed by atoms with van der Waals surface area (Å²) in [5.74, 6) is -0.871. The number of benzene rings is 6. The Morgan fingerprint density at radius 3 is 1.44 bits per heavy atom. The van der Waals surface area contributed by atoms with Gasteiger partial charge in [0.05, 0.1) is 80.1 Å². The maximum atomic E-state index is 14.2. The number of carbonyl (C=O) groups excluding carboxylic acids is 2. The third-order valence-corrected chi connectivity index (χ3v) is 8.96. The molecule has 0 fully saturated rings. The van der Waals surface area contributed by atoms with Gasteiger partial charge in [0.25, 0.3) is 11.8 Å². The van der Waals surface area contributed by atoms with E-state index in [1.54, 1.807) is 60.7 Å². The number of amides is 2. The van der Waals surface area contributed by atoms with Gasteiger partial charge in [-0.05, 0) is 95.1 Å². The van der Waals surface area contributed by atoms with Crippen molar-refractivity contribution in [3.63, 3.8) is 0 Å².